The van der Waals surface area contributed by atoms with Crippen molar-refractivity contribution >= 4 is 23.2 Å². The lowest BCUT2D eigenvalue weighted by molar-refractivity contribution is 0.0910. The van der Waals surface area contributed by atoms with Gasteiger partial charge in [-0.25, -0.2) is 4.68 Å². The van der Waals surface area contributed by atoms with Crippen molar-refractivity contribution in [1.82, 2.24) is 9.78 Å². The van der Waals surface area contributed by atoms with Crippen LogP contribution in [0.15, 0.2) is 24.3 Å². The van der Waals surface area contributed by atoms with Crippen LogP contribution in [0.3, 0.4) is 0 Å². The van der Waals surface area contributed by atoms with E-state index in [0.29, 0.717) is 5.02 Å². The highest BCUT2D eigenvalue weighted by atomic mass is 35.5. The van der Waals surface area contributed by atoms with Crippen molar-refractivity contribution in [2.45, 2.75) is 59.3 Å². The van der Waals surface area contributed by atoms with E-state index in [9.17, 15) is 4.79 Å². The Hall–Kier alpha value is -1.81. The van der Waals surface area contributed by atoms with E-state index >= 15 is 0 Å². The van der Waals surface area contributed by atoms with Crippen molar-refractivity contribution in [2.24, 2.45) is 0 Å². The van der Waals surface area contributed by atoms with Crippen LogP contribution >= 0.6 is 11.6 Å². The summed E-state index contributed by atoms with van der Waals surface area (Å²) in [6.07, 6.45) is 7.21. The van der Waals surface area contributed by atoms with Crippen molar-refractivity contribution in [3.63, 3.8) is 0 Å². The maximum atomic E-state index is 12.5. The molecular weight excluding hydrogens is 334 g/mol. The molecule has 5 heteroatoms. The summed E-state index contributed by atoms with van der Waals surface area (Å²) < 4.78 is 1.53. The molecule has 0 saturated carbocycles. The number of aryl methyl sites for hydroxylation is 1. The number of aromatic nitrogens is 2. The molecular formula is C20H28ClN3O. The molecule has 1 aromatic heterocycles. The molecule has 0 radical (unpaired) electrons. The van der Waals surface area contributed by atoms with E-state index in [4.69, 9.17) is 11.6 Å². The Morgan fingerprint density at radius 1 is 1.16 bits per heavy atom. The minimum absolute atomic E-state index is 0.0715. The summed E-state index contributed by atoms with van der Waals surface area (Å²) in [5, 5.41) is 8.15. The van der Waals surface area contributed by atoms with Gasteiger partial charge in [-0.2, -0.15) is 5.10 Å². The van der Waals surface area contributed by atoms with Crippen LogP contribution in [0.2, 0.25) is 5.02 Å². The normalized spacial score (nSPS) is 10.9. The van der Waals surface area contributed by atoms with Crippen molar-refractivity contribution in [2.75, 3.05) is 11.9 Å². The Labute approximate surface area is 155 Å². The lowest BCUT2D eigenvalue weighted by atomic mass is 10.0. The van der Waals surface area contributed by atoms with E-state index in [1.165, 1.54) is 35.9 Å². The molecule has 0 aliphatic rings. The zero-order valence-electron chi connectivity index (χ0n) is 15.4. The Balaban J connectivity index is 1.96. The largest absolute Gasteiger partial charge is 0.375 e. The van der Waals surface area contributed by atoms with Crippen LogP contribution in [0.25, 0.3) is 0 Å². The highest BCUT2D eigenvalue weighted by molar-refractivity contribution is 6.33. The molecule has 0 saturated heterocycles. The van der Waals surface area contributed by atoms with Gasteiger partial charge in [0.05, 0.1) is 22.9 Å². The first kappa shape index (κ1) is 19.5. The molecule has 0 amide bonds. The molecule has 136 valence electrons. The minimum atomic E-state index is -0.0715. The summed E-state index contributed by atoms with van der Waals surface area (Å²) in [6, 6.07) is 7.41. The van der Waals surface area contributed by atoms with Crippen LogP contribution in [0, 0.1) is 13.8 Å². The highest BCUT2D eigenvalue weighted by Gasteiger charge is 2.16. The number of halogens is 1. The number of nitrogens with zero attached hydrogens (tertiary/aromatic N) is 2. The standard InChI is InChI=1S/C20H28ClN3O/c1-4-5-6-7-8-11-17-15(2)23-24(16(17)3)20(25)14-22-19-13-10-9-12-18(19)21/h9-10,12-13,22H,4-8,11,14H2,1-3H3. The van der Waals surface area contributed by atoms with Gasteiger partial charge in [-0.05, 0) is 44.4 Å². The van der Waals surface area contributed by atoms with E-state index in [1.807, 2.05) is 32.0 Å². The van der Waals surface area contributed by atoms with Gasteiger partial charge in [0.2, 0.25) is 0 Å². The number of hydrogen-bond acceptors (Lipinski definition) is 3. The van der Waals surface area contributed by atoms with Crippen molar-refractivity contribution < 1.29 is 4.79 Å². The molecule has 1 heterocycles. The van der Waals surface area contributed by atoms with E-state index in [2.05, 4.69) is 17.3 Å². The molecule has 0 fully saturated rings. The summed E-state index contributed by atoms with van der Waals surface area (Å²) in [4.78, 5) is 12.5. The molecule has 0 aliphatic carbocycles. The molecule has 0 unspecified atom stereocenters. The first-order chi connectivity index (χ1) is 12.0. The van der Waals surface area contributed by atoms with Gasteiger partial charge in [0.25, 0.3) is 5.91 Å². The van der Waals surface area contributed by atoms with Gasteiger partial charge in [0.1, 0.15) is 0 Å². The number of anilines is 1. The first-order valence-corrected chi connectivity index (χ1v) is 9.49. The van der Waals surface area contributed by atoms with Crippen LogP contribution in [0.5, 0.6) is 0 Å². The topological polar surface area (TPSA) is 46.9 Å². The molecule has 25 heavy (non-hydrogen) atoms. The average molecular weight is 362 g/mol. The average Bonchev–Trinajstić information content (AvgIpc) is 2.88. The zero-order chi connectivity index (χ0) is 18.2. The molecule has 4 nitrogen and oxygen atoms in total. The Morgan fingerprint density at radius 2 is 1.88 bits per heavy atom. The van der Waals surface area contributed by atoms with E-state index < -0.39 is 0 Å². The third-order valence-corrected chi connectivity index (χ3v) is 4.84. The van der Waals surface area contributed by atoms with Crippen LogP contribution in [0.4, 0.5) is 5.69 Å². The molecule has 2 rings (SSSR count). The minimum Gasteiger partial charge on any atom is -0.375 e. The van der Waals surface area contributed by atoms with Crippen LogP contribution in [-0.2, 0) is 6.42 Å². The van der Waals surface area contributed by atoms with Gasteiger partial charge in [-0.15, -0.1) is 0 Å². The number of carbonyl (C=O) groups excluding carboxylic acids is 1. The Morgan fingerprint density at radius 3 is 2.60 bits per heavy atom. The molecule has 1 aromatic carbocycles. The molecule has 0 aliphatic heterocycles. The van der Waals surface area contributed by atoms with Gasteiger partial charge in [-0.1, -0.05) is 56.3 Å². The molecule has 0 spiro atoms. The Bertz CT molecular complexity index is 709. The van der Waals surface area contributed by atoms with Crippen molar-refractivity contribution in [3.05, 3.63) is 46.2 Å². The fourth-order valence-electron chi connectivity index (χ4n) is 3.04. The maximum absolute atomic E-state index is 12.5. The number of para-hydroxylation sites is 1. The number of unbranched alkanes of at least 4 members (excludes halogenated alkanes) is 4. The second-order valence-corrected chi connectivity index (χ2v) is 6.86. The maximum Gasteiger partial charge on any atom is 0.266 e. The SMILES string of the molecule is CCCCCCCc1c(C)nn(C(=O)CNc2ccccc2Cl)c1C. The molecule has 2 aromatic rings. The number of benzene rings is 1. The fraction of sp³-hybridized carbons (Fsp3) is 0.500. The zero-order valence-corrected chi connectivity index (χ0v) is 16.2. The number of rotatable bonds is 9. The third kappa shape index (κ3) is 5.33. The lowest BCUT2D eigenvalue weighted by Crippen LogP contribution is -2.23. The second kappa shape index (κ2) is 9.62. The summed E-state index contributed by atoms with van der Waals surface area (Å²) >= 11 is 6.11. The van der Waals surface area contributed by atoms with Gasteiger partial charge in [0, 0.05) is 5.69 Å². The second-order valence-electron chi connectivity index (χ2n) is 6.45. The van der Waals surface area contributed by atoms with Crippen molar-refractivity contribution in [1.29, 1.82) is 0 Å². The first-order valence-electron chi connectivity index (χ1n) is 9.11. The highest BCUT2D eigenvalue weighted by Crippen LogP contribution is 2.21. The summed E-state index contributed by atoms with van der Waals surface area (Å²) in [7, 11) is 0. The fourth-order valence-corrected chi connectivity index (χ4v) is 3.24. The van der Waals surface area contributed by atoms with E-state index in [1.54, 1.807) is 6.07 Å². The number of hydrogen-bond donors (Lipinski definition) is 1. The monoisotopic (exact) mass is 361 g/mol. The van der Waals surface area contributed by atoms with Gasteiger partial charge >= 0.3 is 0 Å². The number of nitrogens with one attached hydrogen (secondary N) is 1. The summed E-state index contributed by atoms with van der Waals surface area (Å²) in [5.41, 5.74) is 3.89. The summed E-state index contributed by atoms with van der Waals surface area (Å²) in [5.74, 6) is -0.0715. The predicted molar refractivity (Wildman–Crippen MR) is 105 cm³/mol. The quantitative estimate of drug-likeness (QED) is 0.606. The van der Waals surface area contributed by atoms with Crippen LogP contribution in [-0.4, -0.2) is 22.2 Å². The lowest BCUT2D eigenvalue weighted by Gasteiger charge is -2.08. The smallest absolute Gasteiger partial charge is 0.266 e. The van der Waals surface area contributed by atoms with Gasteiger partial charge in [-0.3, -0.25) is 4.79 Å². The number of carbonyl (C=O) groups is 1. The van der Waals surface area contributed by atoms with E-state index in [0.717, 1.165) is 29.9 Å². The van der Waals surface area contributed by atoms with E-state index in [-0.39, 0.29) is 12.5 Å². The van der Waals surface area contributed by atoms with Crippen LogP contribution < -0.4 is 5.32 Å². The molecule has 1 N–H and O–H groups in total. The van der Waals surface area contributed by atoms with Crippen LogP contribution in [0.1, 0.15) is 60.8 Å². The Kier molecular flexibility index (Phi) is 7.51. The van der Waals surface area contributed by atoms with Gasteiger partial charge < -0.3 is 5.32 Å². The third-order valence-electron chi connectivity index (χ3n) is 4.51. The molecule has 0 bridgehead atoms. The predicted octanol–water partition coefficient (Wildman–Crippen LogP) is 5.42. The van der Waals surface area contributed by atoms with Crippen molar-refractivity contribution in [3.8, 4) is 0 Å². The molecule has 0 atom stereocenters. The van der Waals surface area contributed by atoms with Gasteiger partial charge in [0.15, 0.2) is 0 Å². The summed E-state index contributed by atoms with van der Waals surface area (Å²) in [6.45, 7) is 6.36.